The molecule has 0 aliphatic heterocycles. The molecule has 0 saturated heterocycles. The molecule has 1 aromatic heterocycles. The largest absolute Gasteiger partial charge is 0.449 e. The van der Waals surface area contributed by atoms with Crippen molar-refractivity contribution in [3.63, 3.8) is 0 Å². The quantitative estimate of drug-likeness (QED) is 0.626. The van der Waals surface area contributed by atoms with E-state index in [9.17, 15) is 4.79 Å². The molecule has 0 atom stereocenters. The highest BCUT2D eigenvalue weighted by atomic mass is 16.5. The lowest BCUT2D eigenvalue weighted by atomic mass is 10.2. The molecule has 0 unspecified atom stereocenters. The fraction of sp³-hybridized carbons (Fsp3) is 0.364. The predicted molar refractivity (Wildman–Crippen MR) is 61.3 cm³/mol. The van der Waals surface area contributed by atoms with Crippen molar-refractivity contribution in [1.29, 1.82) is 0 Å². The Kier molecular flexibility index (Phi) is 4.44. The van der Waals surface area contributed by atoms with Crippen LogP contribution in [0.15, 0.2) is 23.4 Å². The van der Waals surface area contributed by atoms with Crippen molar-refractivity contribution in [2.75, 3.05) is 6.61 Å². The zero-order valence-corrected chi connectivity index (χ0v) is 9.65. The first-order chi connectivity index (χ1) is 7.63. The summed E-state index contributed by atoms with van der Waals surface area (Å²) in [7, 11) is 0. The second-order valence-electron chi connectivity index (χ2n) is 3.22. The van der Waals surface area contributed by atoms with Gasteiger partial charge in [-0.05, 0) is 32.9 Å². The third-order valence-electron chi connectivity index (χ3n) is 1.92. The molecule has 5 heteroatoms. The van der Waals surface area contributed by atoms with Crippen molar-refractivity contribution in [1.82, 2.24) is 10.4 Å². The van der Waals surface area contributed by atoms with Gasteiger partial charge in [-0.3, -0.25) is 4.98 Å². The van der Waals surface area contributed by atoms with Crippen molar-refractivity contribution >= 4 is 11.8 Å². The third-order valence-corrected chi connectivity index (χ3v) is 1.92. The van der Waals surface area contributed by atoms with Gasteiger partial charge in [0.1, 0.15) is 0 Å². The smallest absolute Gasteiger partial charge is 0.427 e. The van der Waals surface area contributed by atoms with Gasteiger partial charge in [0.15, 0.2) is 0 Å². The maximum Gasteiger partial charge on any atom is 0.427 e. The monoisotopic (exact) mass is 221 g/mol. The molecule has 0 aromatic carbocycles. The summed E-state index contributed by atoms with van der Waals surface area (Å²) >= 11 is 0. The second-order valence-corrected chi connectivity index (χ2v) is 3.22. The topological polar surface area (TPSA) is 63.6 Å². The van der Waals surface area contributed by atoms with Gasteiger partial charge in [0.05, 0.1) is 12.3 Å². The van der Waals surface area contributed by atoms with Gasteiger partial charge < -0.3 is 4.74 Å². The standard InChI is InChI=1S/C11H15N3O2/c1-4-16-11(15)14-13-9(3)10-6-5-8(2)12-7-10/h5-7H,4H2,1-3H3,(H,14,15). The summed E-state index contributed by atoms with van der Waals surface area (Å²) < 4.78 is 4.67. The van der Waals surface area contributed by atoms with E-state index in [0.29, 0.717) is 12.3 Å². The number of pyridine rings is 1. The number of rotatable bonds is 3. The molecule has 16 heavy (non-hydrogen) atoms. The first-order valence-corrected chi connectivity index (χ1v) is 5.03. The summed E-state index contributed by atoms with van der Waals surface area (Å²) in [4.78, 5) is 15.1. The normalized spacial score (nSPS) is 11.1. The van der Waals surface area contributed by atoms with Crippen LogP contribution in [0.2, 0.25) is 0 Å². The molecule has 0 aliphatic carbocycles. The lowest BCUT2D eigenvalue weighted by Gasteiger charge is -2.02. The number of carbonyl (C=O) groups excluding carboxylic acids is 1. The van der Waals surface area contributed by atoms with E-state index >= 15 is 0 Å². The molecule has 1 amide bonds. The van der Waals surface area contributed by atoms with Gasteiger partial charge in [0, 0.05) is 17.5 Å². The minimum Gasteiger partial charge on any atom is -0.449 e. The lowest BCUT2D eigenvalue weighted by molar-refractivity contribution is 0.152. The van der Waals surface area contributed by atoms with Crippen molar-refractivity contribution in [2.24, 2.45) is 5.10 Å². The average Bonchev–Trinajstić information content (AvgIpc) is 2.27. The van der Waals surface area contributed by atoms with E-state index in [-0.39, 0.29) is 0 Å². The van der Waals surface area contributed by atoms with Gasteiger partial charge in [-0.15, -0.1) is 0 Å². The first-order valence-electron chi connectivity index (χ1n) is 5.03. The molecule has 0 bridgehead atoms. The van der Waals surface area contributed by atoms with Crippen LogP contribution in [0.4, 0.5) is 4.79 Å². The van der Waals surface area contributed by atoms with E-state index in [0.717, 1.165) is 11.3 Å². The number of amides is 1. The summed E-state index contributed by atoms with van der Waals surface area (Å²) in [6, 6.07) is 3.78. The fourth-order valence-corrected chi connectivity index (χ4v) is 1.04. The average molecular weight is 221 g/mol. The summed E-state index contributed by atoms with van der Waals surface area (Å²) in [6.45, 7) is 5.76. The van der Waals surface area contributed by atoms with Crippen LogP contribution in [-0.4, -0.2) is 23.4 Å². The number of aryl methyl sites for hydroxylation is 1. The number of aromatic nitrogens is 1. The summed E-state index contributed by atoms with van der Waals surface area (Å²) in [6.07, 6.45) is 1.16. The molecular formula is C11H15N3O2. The molecule has 0 saturated carbocycles. The van der Waals surface area contributed by atoms with Crippen LogP contribution >= 0.6 is 0 Å². The number of nitrogens with zero attached hydrogens (tertiary/aromatic N) is 2. The number of nitrogens with one attached hydrogen (secondary N) is 1. The highest BCUT2D eigenvalue weighted by molar-refractivity contribution is 5.98. The number of hydrogen-bond donors (Lipinski definition) is 1. The van der Waals surface area contributed by atoms with Crippen LogP contribution in [-0.2, 0) is 4.74 Å². The minimum absolute atomic E-state index is 0.326. The Balaban J connectivity index is 2.63. The Labute approximate surface area is 94.5 Å². The molecule has 86 valence electrons. The Morgan fingerprint density at radius 1 is 1.56 bits per heavy atom. The lowest BCUT2D eigenvalue weighted by Crippen LogP contribution is -2.20. The van der Waals surface area contributed by atoms with E-state index < -0.39 is 6.09 Å². The van der Waals surface area contributed by atoms with Gasteiger partial charge in [-0.1, -0.05) is 0 Å². The van der Waals surface area contributed by atoms with E-state index in [1.165, 1.54) is 0 Å². The van der Waals surface area contributed by atoms with Crippen LogP contribution in [0.1, 0.15) is 25.1 Å². The first kappa shape index (κ1) is 12.2. The Hall–Kier alpha value is -1.91. The van der Waals surface area contributed by atoms with Crippen LogP contribution < -0.4 is 5.43 Å². The van der Waals surface area contributed by atoms with E-state index in [1.807, 2.05) is 19.1 Å². The maximum absolute atomic E-state index is 11.0. The summed E-state index contributed by atoms with van der Waals surface area (Å²) in [5, 5.41) is 3.89. The molecule has 0 spiro atoms. The second kappa shape index (κ2) is 5.85. The third kappa shape index (κ3) is 3.68. The molecular weight excluding hydrogens is 206 g/mol. The van der Waals surface area contributed by atoms with E-state index in [4.69, 9.17) is 0 Å². The summed E-state index contributed by atoms with van der Waals surface area (Å²) in [5.41, 5.74) is 4.78. The number of hydrazone groups is 1. The van der Waals surface area contributed by atoms with Gasteiger partial charge in [0.2, 0.25) is 0 Å². The van der Waals surface area contributed by atoms with Crippen LogP contribution in [0, 0.1) is 6.92 Å². The molecule has 1 N–H and O–H groups in total. The number of ether oxygens (including phenoxy) is 1. The van der Waals surface area contributed by atoms with Crippen LogP contribution in [0.25, 0.3) is 0 Å². The van der Waals surface area contributed by atoms with Crippen molar-refractivity contribution < 1.29 is 9.53 Å². The minimum atomic E-state index is -0.554. The SMILES string of the molecule is CCOC(=O)NN=C(C)c1ccc(C)nc1. The summed E-state index contributed by atoms with van der Waals surface area (Å²) in [5.74, 6) is 0. The zero-order valence-electron chi connectivity index (χ0n) is 9.65. The van der Waals surface area contributed by atoms with Gasteiger partial charge >= 0.3 is 6.09 Å². The van der Waals surface area contributed by atoms with Crippen molar-refractivity contribution in [3.05, 3.63) is 29.6 Å². The highest BCUT2D eigenvalue weighted by Gasteiger charge is 2.00. The molecule has 0 radical (unpaired) electrons. The van der Waals surface area contributed by atoms with E-state index in [2.05, 4.69) is 20.2 Å². The molecule has 1 aromatic rings. The molecule has 5 nitrogen and oxygen atoms in total. The Bertz CT molecular complexity index is 385. The number of carbonyl (C=O) groups is 1. The fourth-order valence-electron chi connectivity index (χ4n) is 1.04. The maximum atomic E-state index is 11.0. The highest BCUT2D eigenvalue weighted by Crippen LogP contribution is 2.00. The Morgan fingerprint density at radius 2 is 2.31 bits per heavy atom. The molecule has 1 rings (SSSR count). The molecule has 0 fully saturated rings. The molecule has 0 aliphatic rings. The van der Waals surface area contributed by atoms with Gasteiger partial charge in [-0.25, -0.2) is 10.2 Å². The number of hydrogen-bond acceptors (Lipinski definition) is 4. The van der Waals surface area contributed by atoms with Crippen LogP contribution in [0.3, 0.4) is 0 Å². The van der Waals surface area contributed by atoms with Crippen molar-refractivity contribution in [2.45, 2.75) is 20.8 Å². The zero-order chi connectivity index (χ0) is 12.0. The van der Waals surface area contributed by atoms with Crippen molar-refractivity contribution in [3.8, 4) is 0 Å². The van der Waals surface area contributed by atoms with Gasteiger partial charge in [0.25, 0.3) is 0 Å². The van der Waals surface area contributed by atoms with E-state index in [1.54, 1.807) is 20.0 Å². The predicted octanol–water partition coefficient (Wildman–Crippen LogP) is 1.86. The molecule has 1 heterocycles. The van der Waals surface area contributed by atoms with Crippen LogP contribution in [0.5, 0.6) is 0 Å². The van der Waals surface area contributed by atoms with Gasteiger partial charge in [-0.2, -0.15) is 5.10 Å². The Morgan fingerprint density at radius 3 is 2.88 bits per heavy atom.